The largest absolute Gasteiger partial charge is 0.380 e. The second-order valence-corrected chi connectivity index (χ2v) is 5.57. The van der Waals surface area contributed by atoms with Crippen molar-refractivity contribution in [3.05, 3.63) is 35.4 Å². The van der Waals surface area contributed by atoms with Crippen LogP contribution in [-0.4, -0.2) is 63.2 Å². The van der Waals surface area contributed by atoms with Gasteiger partial charge in [0.05, 0.1) is 6.61 Å². The highest BCUT2D eigenvalue weighted by atomic mass is 16.5. The SMILES string of the molecule is COCc1cccc(CNCCN2CCN(C)CC2)c1. The molecule has 0 radical (unpaired) electrons. The summed E-state index contributed by atoms with van der Waals surface area (Å²) < 4.78 is 5.17. The van der Waals surface area contributed by atoms with Crippen LogP contribution in [0.25, 0.3) is 0 Å². The topological polar surface area (TPSA) is 27.7 Å². The molecule has 4 nitrogen and oxygen atoms in total. The predicted molar refractivity (Wildman–Crippen MR) is 82.8 cm³/mol. The summed E-state index contributed by atoms with van der Waals surface area (Å²) in [5.74, 6) is 0. The Bertz CT molecular complexity index is 389. The number of ether oxygens (including phenoxy) is 1. The standard InChI is InChI=1S/C16H27N3O/c1-18-8-10-19(11-9-18)7-6-17-13-15-4-3-5-16(12-15)14-20-2/h3-5,12,17H,6-11,13-14H2,1-2H3. The second-order valence-electron chi connectivity index (χ2n) is 5.57. The third-order valence-corrected chi connectivity index (χ3v) is 3.83. The van der Waals surface area contributed by atoms with E-state index in [9.17, 15) is 0 Å². The van der Waals surface area contributed by atoms with Gasteiger partial charge in [-0.2, -0.15) is 0 Å². The molecule has 1 aliphatic heterocycles. The number of piperazine rings is 1. The lowest BCUT2D eigenvalue weighted by atomic mass is 10.1. The summed E-state index contributed by atoms with van der Waals surface area (Å²) in [5, 5.41) is 3.53. The van der Waals surface area contributed by atoms with Crippen LogP contribution >= 0.6 is 0 Å². The van der Waals surface area contributed by atoms with Crippen LogP contribution in [-0.2, 0) is 17.9 Å². The van der Waals surface area contributed by atoms with Crippen LogP contribution in [0.4, 0.5) is 0 Å². The van der Waals surface area contributed by atoms with Crippen molar-refractivity contribution >= 4 is 0 Å². The fourth-order valence-electron chi connectivity index (χ4n) is 2.54. The molecular weight excluding hydrogens is 250 g/mol. The van der Waals surface area contributed by atoms with Gasteiger partial charge in [0.25, 0.3) is 0 Å². The van der Waals surface area contributed by atoms with Crippen molar-refractivity contribution in [1.82, 2.24) is 15.1 Å². The first-order valence-corrected chi connectivity index (χ1v) is 7.46. The maximum atomic E-state index is 5.17. The molecular formula is C16H27N3O. The van der Waals surface area contributed by atoms with Crippen LogP contribution in [0.15, 0.2) is 24.3 Å². The summed E-state index contributed by atoms with van der Waals surface area (Å²) in [6, 6.07) is 8.59. The Hall–Kier alpha value is -0.940. The molecule has 1 saturated heterocycles. The Morgan fingerprint density at radius 3 is 2.65 bits per heavy atom. The minimum absolute atomic E-state index is 0.690. The molecule has 1 heterocycles. The number of likely N-dealkylation sites (N-methyl/N-ethyl adjacent to an activating group) is 1. The maximum Gasteiger partial charge on any atom is 0.0713 e. The van der Waals surface area contributed by atoms with Gasteiger partial charge in [0.1, 0.15) is 0 Å². The van der Waals surface area contributed by atoms with Gasteiger partial charge in [-0.15, -0.1) is 0 Å². The molecule has 1 aromatic carbocycles. The van der Waals surface area contributed by atoms with Crippen molar-refractivity contribution in [2.75, 3.05) is 53.4 Å². The van der Waals surface area contributed by atoms with Gasteiger partial charge in [0, 0.05) is 52.9 Å². The van der Waals surface area contributed by atoms with E-state index in [1.165, 1.54) is 37.3 Å². The molecule has 2 rings (SSSR count). The summed E-state index contributed by atoms with van der Waals surface area (Å²) in [4.78, 5) is 4.93. The average Bonchev–Trinajstić information content (AvgIpc) is 2.46. The van der Waals surface area contributed by atoms with E-state index < -0.39 is 0 Å². The maximum absolute atomic E-state index is 5.17. The van der Waals surface area contributed by atoms with Gasteiger partial charge in [-0.1, -0.05) is 24.3 Å². The quantitative estimate of drug-likeness (QED) is 0.757. The molecule has 0 unspecified atom stereocenters. The first-order chi connectivity index (χ1) is 9.78. The molecule has 0 atom stereocenters. The fourth-order valence-corrected chi connectivity index (χ4v) is 2.54. The summed E-state index contributed by atoms with van der Waals surface area (Å²) in [5.41, 5.74) is 2.57. The molecule has 0 aliphatic carbocycles. The number of nitrogens with zero attached hydrogens (tertiary/aromatic N) is 2. The van der Waals surface area contributed by atoms with E-state index in [2.05, 4.69) is 46.4 Å². The zero-order valence-corrected chi connectivity index (χ0v) is 12.8. The zero-order chi connectivity index (χ0) is 14.2. The number of methoxy groups -OCH3 is 1. The van der Waals surface area contributed by atoms with Crippen LogP contribution in [0.1, 0.15) is 11.1 Å². The molecule has 4 heteroatoms. The fraction of sp³-hybridized carbons (Fsp3) is 0.625. The van der Waals surface area contributed by atoms with E-state index in [-0.39, 0.29) is 0 Å². The van der Waals surface area contributed by atoms with Gasteiger partial charge in [0.2, 0.25) is 0 Å². The van der Waals surface area contributed by atoms with E-state index in [0.29, 0.717) is 6.61 Å². The van der Waals surface area contributed by atoms with Crippen LogP contribution in [0.2, 0.25) is 0 Å². The van der Waals surface area contributed by atoms with Crippen LogP contribution < -0.4 is 5.32 Å². The molecule has 1 N–H and O–H groups in total. The molecule has 0 bridgehead atoms. The molecule has 0 amide bonds. The number of rotatable bonds is 7. The number of hydrogen-bond donors (Lipinski definition) is 1. The van der Waals surface area contributed by atoms with Crippen LogP contribution in [0.3, 0.4) is 0 Å². The summed E-state index contributed by atoms with van der Waals surface area (Å²) in [6.45, 7) is 8.60. The lowest BCUT2D eigenvalue weighted by Gasteiger charge is -2.32. The number of benzene rings is 1. The molecule has 0 aromatic heterocycles. The minimum atomic E-state index is 0.690. The van der Waals surface area contributed by atoms with Crippen LogP contribution in [0, 0.1) is 0 Å². The highest BCUT2D eigenvalue weighted by molar-refractivity contribution is 5.22. The van der Waals surface area contributed by atoms with E-state index >= 15 is 0 Å². The van der Waals surface area contributed by atoms with E-state index in [1.54, 1.807) is 7.11 Å². The van der Waals surface area contributed by atoms with Crippen molar-refractivity contribution in [2.45, 2.75) is 13.2 Å². The third-order valence-electron chi connectivity index (χ3n) is 3.83. The number of hydrogen-bond acceptors (Lipinski definition) is 4. The van der Waals surface area contributed by atoms with Crippen molar-refractivity contribution < 1.29 is 4.74 Å². The van der Waals surface area contributed by atoms with E-state index in [4.69, 9.17) is 4.74 Å². The smallest absolute Gasteiger partial charge is 0.0713 e. The second kappa shape index (κ2) is 8.37. The lowest BCUT2D eigenvalue weighted by Crippen LogP contribution is -2.46. The van der Waals surface area contributed by atoms with Gasteiger partial charge >= 0.3 is 0 Å². The van der Waals surface area contributed by atoms with Crippen LogP contribution in [0.5, 0.6) is 0 Å². The lowest BCUT2D eigenvalue weighted by molar-refractivity contribution is 0.154. The monoisotopic (exact) mass is 277 g/mol. The van der Waals surface area contributed by atoms with E-state index in [1.807, 2.05) is 0 Å². The third kappa shape index (κ3) is 5.21. The molecule has 112 valence electrons. The van der Waals surface area contributed by atoms with Gasteiger partial charge in [-0.05, 0) is 18.2 Å². The van der Waals surface area contributed by atoms with Crippen molar-refractivity contribution in [2.24, 2.45) is 0 Å². The molecule has 1 fully saturated rings. The first-order valence-electron chi connectivity index (χ1n) is 7.46. The number of nitrogens with one attached hydrogen (secondary N) is 1. The first kappa shape index (κ1) is 15.4. The van der Waals surface area contributed by atoms with Gasteiger partial charge in [-0.25, -0.2) is 0 Å². The molecule has 20 heavy (non-hydrogen) atoms. The zero-order valence-electron chi connectivity index (χ0n) is 12.8. The van der Waals surface area contributed by atoms with Crippen molar-refractivity contribution in [3.63, 3.8) is 0 Å². The Morgan fingerprint density at radius 2 is 1.90 bits per heavy atom. The van der Waals surface area contributed by atoms with Gasteiger partial charge in [0.15, 0.2) is 0 Å². The van der Waals surface area contributed by atoms with Gasteiger partial charge in [-0.3, -0.25) is 4.90 Å². The Morgan fingerprint density at radius 1 is 1.15 bits per heavy atom. The summed E-state index contributed by atoms with van der Waals surface area (Å²) in [6.07, 6.45) is 0. The average molecular weight is 277 g/mol. The Labute approximate surface area is 122 Å². The summed E-state index contributed by atoms with van der Waals surface area (Å²) in [7, 11) is 3.93. The molecule has 1 aliphatic rings. The predicted octanol–water partition coefficient (Wildman–Crippen LogP) is 1.17. The Kier molecular flexibility index (Phi) is 6.47. The van der Waals surface area contributed by atoms with Crippen molar-refractivity contribution in [3.8, 4) is 0 Å². The highest BCUT2D eigenvalue weighted by Crippen LogP contribution is 2.06. The normalized spacial score (nSPS) is 17.5. The van der Waals surface area contributed by atoms with Gasteiger partial charge < -0.3 is 15.0 Å². The molecule has 0 spiro atoms. The summed E-state index contributed by atoms with van der Waals surface area (Å²) >= 11 is 0. The molecule has 0 saturated carbocycles. The molecule has 1 aromatic rings. The van der Waals surface area contributed by atoms with Crippen molar-refractivity contribution in [1.29, 1.82) is 0 Å². The van der Waals surface area contributed by atoms with E-state index in [0.717, 1.165) is 19.6 Å². The Balaban J connectivity index is 1.64. The highest BCUT2D eigenvalue weighted by Gasteiger charge is 2.12. The minimum Gasteiger partial charge on any atom is -0.380 e.